The van der Waals surface area contributed by atoms with Crippen molar-refractivity contribution < 1.29 is 31.6 Å². The number of hydrogen-bond donors (Lipinski definition) is 3. The minimum Gasteiger partial charge on any atom is -0.309 e. The lowest BCUT2D eigenvalue weighted by Gasteiger charge is -2.29. The molecule has 4 amide bonds. The Labute approximate surface area is 120 Å². The van der Waals surface area contributed by atoms with Gasteiger partial charge in [0.25, 0.3) is 5.91 Å². The summed E-state index contributed by atoms with van der Waals surface area (Å²) in [6, 6.07) is -2.25. The van der Waals surface area contributed by atoms with Gasteiger partial charge in [-0.15, -0.1) is 4.28 Å². The molecule has 0 unspecified atom stereocenters. The van der Waals surface area contributed by atoms with Gasteiger partial charge < -0.3 is 4.90 Å². The number of carbonyl (C=O) groups excluding carboxylic acids is 3. The number of fused-ring (bicyclic) bond motifs is 2. The molecule has 2 fully saturated rings. The number of piperidine rings is 1. The van der Waals surface area contributed by atoms with Crippen molar-refractivity contribution in [3.05, 3.63) is 0 Å². The summed E-state index contributed by atoms with van der Waals surface area (Å²) in [5.74, 6) is -1.06. The van der Waals surface area contributed by atoms with Crippen molar-refractivity contribution in [1.29, 1.82) is 0 Å². The number of amides is 4. The summed E-state index contributed by atoms with van der Waals surface area (Å²) in [6.07, 6.45) is 0.586. The van der Waals surface area contributed by atoms with Crippen LogP contribution in [-0.4, -0.2) is 59.4 Å². The first-order valence-corrected chi connectivity index (χ1v) is 7.39. The number of hydrazine groups is 1. The topological polar surface area (TPSA) is 145 Å². The van der Waals surface area contributed by atoms with Crippen LogP contribution < -0.4 is 10.9 Å². The van der Waals surface area contributed by atoms with Crippen LogP contribution in [0.2, 0.25) is 0 Å². The van der Waals surface area contributed by atoms with Crippen molar-refractivity contribution >= 4 is 28.2 Å². The van der Waals surface area contributed by atoms with E-state index >= 15 is 0 Å². The minimum atomic E-state index is -4.82. The van der Waals surface area contributed by atoms with Crippen molar-refractivity contribution in [3.63, 3.8) is 0 Å². The highest BCUT2D eigenvalue weighted by molar-refractivity contribution is 7.80. The third kappa shape index (κ3) is 3.40. The molecule has 2 atom stereocenters. The summed E-state index contributed by atoms with van der Waals surface area (Å²) < 4.78 is 34.3. The number of rotatable bonds is 3. The number of urea groups is 1. The first-order chi connectivity index (χ1) is 9.69. The van der Waals surface area contributed by atoms with Crippen molar-refractivity contribution in [1.82, 2.24) is 20.8 Å². The highest BCUT2D eigenvalue weighted by atomic mass is 32.3. The van der Waals surface area contributed by atoms with Gasteiger partial charge in [0.15, 0.2) is 0 Å². The second-order valence-electron chi connectivity index (χ2n) is 4.68. The predicted molar refractivity (Wildman–Crippen MR) is 65.3 cm³/mol. The average molecular weight is 322 g/mol. The molecule has 0 aromatic rings. The fraction of sp³-hybridized carbons (Fsp3) is 0.667. The molecule has 2 saturated heterocycles. The number of nitrogens with one attached hydrogen (secondary N) is 2. The Morgan fingerprint density at radius 1 is 1.33 bits per heavy atom. The van der Waals surface area contributed by atoms with Crippen molar-refractivity contribution in [3.8, 4) is 0 Å². The Morgan fingerprint density at radius 2 is 2.00 bits per heavy atom. The van der Waals surface area contributed by atoms with E-state index in [-0.39, 0.29) is 13.0 Å². The van der Waals surface area contributed by atoms with Crippen LogP contribution in [0.5, 0.6) is 0 Å². The van der Waals surface area contributed by atoms with E-state index in [2.05, 4.69) is 15.1 Å². The van der Waals surface area contributed by atoms with Crippen LogP contribution in [0.3, 0.4) is 0 Å². The Morgan fingerprint density at radius 3 is 2.57 bits per heavy atom. The molecule has 0 aromatic carbocycles. The molecule has 12 heteroatoms. The maximum atomic E-state index is 12.0. The van der Waals surface area contributed by atoms with Crippen LogP contribution in [0.4, 0.5) is 4.79 Å². The first kappa shape index (κ1) is 15.5. The minimum absolute atomic E-state index is 0.0898. The van der Waals surface area contributed by atoms with E-state index < -0.39 is 40.3 Å². The van der Waals surface area contributed by atoms with E-state index in [1.165, 1.54) is 6.92 Å². The van der Waals surface area contributed by atoms with Crippen molar-refractivity contribution in [2.45, 2.75) is 31.8 Å². The molecule has 2 bridgehead atoms. The summed E-state index contributed by atoms with van der Waals surface area (Å²) in [5, 5.41) is 0.543. The van der Waals surface area contributed by atoms with Gasteiger partial charge in [0, 0.05) is 13.5 Å². The summed E-state index contributed by atoms with van der Waals surface area (Å²) in [6.45, 7) is 1.30. The molecule has 11 nitrogen and oxygen atoms in total. The molecule has 0 aliphatic carbocycles. The lowest BCUT2D eigenvalue weighted by molar-refractivity contribution is -0.131. The second kappa shape index (κ2) is 5.46. The zero-order valence-electron chi connectivity index (χ0n) is 11.0. The van der Waals surface area contributed by atoms with Gasteiger partial charge in [-0.25, -0.2) is 4.79 Å². The van der Waals surface area contributed by atoms with Crippen LogP contribution in [0, 0.1) is 0 Å². The number of carbonyl (C=O) groups is 3. The van der Waals surface area contributed by atoms with Gasteiger partial charge in [0.1, 0.15) is 6.04 Å². The van der Waals surface area contributed by atoms with E-state index in [9.17, 15) is 22.8 Å². The highest BCUT2D eigenvalue weighted by Gasteiger charge is 2.49. The molecule has 3 N–H and O–H groups in total. The van der Waals surface area contributed by atoms with Crippen molar-refractivity contribution in [2.75, 3.05) is 6.54 Å². The Hall–Kier alpha value is -1.92. The molecule has 0 aromatic heterocycles. The highest BCUT2D eigenvalue weighted by Crippen LogP contribution is 2.30. The number of hydroxylamine groups is 2. The van der Waals surface area contributed by atoms with Gasteiger partial charge in [-0.2, -0.15) is 13.5 Å². The molecule has 2 heterocycles. The summed E-state index contributed by atoms with van der Waals surface area (Å²) in [5.41, 5.74) is 4.27. The molecule has 118 valence electrons. The zero-order valence-corrected chi connectivity index (χ0v) is 11.8. The van der Waals surface area contributed by atoms with E-state index in [4.69, 9.17) is 4.55 Å². The van der Waals surface area contributed by atoms with Crippen LogP contribution >= 0.6 is 0 Å². The molecule has 2 aliphatic rings. The number of hydrogen-bond acceptors (Lipinski definition) is 6. The molecule has 0 radical (unpaired) electrons. The van der Waals surface area contributed by atoms with E-state index in [1.807, 2.05) is 0 Å². The Kier molecular flexibility index (Phi) is 4.02. The number of nitrogens with zero attached hydrogens (tertiary/aromatic N) is 2. The molecule has 21 heavy (non-hydrogen) atoms. The Balaban J connectivity index is 2.06. The summed E-state index contributed by atoms with van der Waals surface area (Å²) in [7, 11) is -4.82. The molecule has 2 rings (SSSR count). The predicted octanol–water partition coefficient (Wildman–Crippen LogP) is -1.84. The standard InChI is InChI=1S/C9H14N4O7S/c1-5(14)10-11-8(15)7-3-2-6-4-12(7)9(16)13(6)20-21(17,18)19/h6-7H,2-4H2,1H3,(H,10,14)(H,11,15)(H,17,18,19)/t6-,7+/m0/s1. The largest absolute Gasteiger partial charge is 0.418 e. The quantitative estimate of drug-likeness (QED) is 0.408. The van der Waals surface area contributed by atoms with Gasteiger partial charge in [-0.3, -0.25) is 25.0 Å². The lowest BCUT2D eigenvalue weighted by atomic mass is 10.0. The summed E-state index contributed by atoms with van der Waals surface area (Å²) >= 11 is 0. The van der Waals surface area contributed by atoms with Crippen LogP contribution in [0.1, 0.15) is 19.8 Å². The molecular weight excluding hydrogens is 308 g/mol. The fourth-order valence-corrected chi connectivity index (χ4v) is 2.73. The summed E-state index contributed by atoms with van der Waals surface area (Å²) in [4.78, 5) is 35.7. The molecule has 0 saturated carbocycles. The molecule has 2 aliphatic heterocycles. The van der Waals surface area contributed by atoms with Crippen LogP contribution in [0.25, 0.3) is 0 Å². The monoisotopic (exact) mass is 322 g/mol. The smallest absolute Gasteiger partial charge is 0.309 e. The molecular formula is C9H14N4O7S. The third-order valence-corrected chi connectivity index (χ3v) is 3.51. The maximum absolute atomic E-state index is 12.0. The van der Waals surface area contributed by atoms with Gasteiger partial charge in [0.05, 0.1) is 6.04 Å². The lowest BCUT2D eigenvalue weighted by Crippen LogP contribution is -2.53. The van der Waals surface area contributed by atoms with E-state index in [0.717, 1.165) is 4.90 Å². The maximum Gasteiger partial charge on any atom is 0.418 e. The van der Waals surface area contributed by atoms with Crippen LogP contribution in [-0.2, 0) is 24.3 Å². The normalized spacial score (nSPS) is 25.0. The van der Waals surface area contributed by atoms with Gasteiger partial charge in [0.2, 0.25) is 5.91 Å². The van der Waals surface area contributed by atoms with Crippen molar-refractivity contribution in [2.24, 2.45) is 0 Å². The molecule has 0 spiro atoms. The fourth-order valence-electron chi connectivity index (χ4n) is 2.34. The zero-order chi connectivity index (χ0) is 15.8. The van der Waals surface area contributed by atoms with Gasteiger partial charge >= 0.3 is 16.4 Å². The third-order valence-electron chi connectivity index (χ3n) is 3.16. The van der Waals surface area contributed by atoms with Gasteiger partial charge in [-0.1, -0.05) is 0 Å². The van der Waals surface area contributed by atoms with Gasteiger partial charge in [-0.05, 0) is 12.8 Å². The second-order valence-corrected chi connectivity index (χ2v) is 5.68. The first-order valence-electron chi connectivity index (χ1n) is 6.02. The van der Waals surface area contributed by atoms with E-state index in [1.54, 1.807) is 0 Å². The van der Waals surface area contributed by atoms with Crippen LogP contribution in [0.15, 0.2) is 0 Å². The Bertz CT molecular complexity index is 577. The average Bonchev–Trinajstić information content (AvgIpc) is 2.60. The SMILES string of the molecule is CC(=O)NNC(=O)[C@H]1CC[C@H]2CN1C(=O)N2OS(=O)(=O)O. The van der Waals surface area contributed by atoms with E-state index in [0.29, 0.717) is 11.5 Å².